The van der Waals surface area contributed by atoms with Crippen molar-refractivity contribution in [1.82, 2.24) is 9.97 Å². The summed E-state index contributed by atoms with van der Waals surface area (Å²) in [4.78, 5) is 24.3. The van der Waals surface area contributed by atoms with E-state index in [0.717, 1.165) is 32.8 Å². The largest absolute Gasteiger partial charge is 0.369 e. The summed E-state index contributed by atoms with van der Waals surface area (Å²) in [5.41, 5.74) is 3.17. The van der Waals surface area contributed by atoms with Crippen LogP contribution in [0.15, 0.2) is 72.4 Å². The zero-order valence-corrected chi connectivity index (χ0v) is 17.0. The van der Waals surface area contributed by atoms with E-state index in [0.29, 0.717) is 19.5 Å². The number of amides is 1. The number of anilines is 2. The Morgan fingerprint density at radius 3 is 2.48 bits per heavy atom. The van der Waals surface area contributed by atoms with Crippen LogP contribution in [-0.4, -0.2) is 29.0 Å². The first kappa shape index (κ1) is 19.1. The van der Waals surface area contributed by atoms with Gasteiger partial charge in [-0.05, 0) is 24.6 Å². The number of carbonyl (C=O) groups is 1. The molecule has 0 aliphatic rings. The van der Waals surface area contributed by atoms with Crippen LogP contribution in [0.1, 0.15) is 13.3 Å². The molecule has 0 bridgehead atoms. The molecule has 5 nitrogen and oxygen atoms in total. The van der Waals surface area contributed by atoms with Gasteiger partial charge in [-0.15, -0.1) is 11.3 Å². The minimum Gasteiger partial charge on any atom is -0.369 e. The predicted molar refractivity (Wildman–Crippen MR) is 120 cm³/mol. The third kappa shape index (κ3) is 4.12. The SMILES string of the molecule is CCN(C(=O)CCNc1ncnc2scc(-c3ccccc3)c12)c1ccccc1. The molecular formula is C23H22N4OS. The fourth-order valence-electron chi connectivity index (χ4n) is 3.37. The molecule has 1 N–H and O–H groups in total. The van der Waals surface area contributed by atoms with Crippen LogP contribution in [0.3, 0.4) is 0 Å². The number of fused-ring (bicyclic) bond motifs is 1. The molecule has 0 unspecified atom stereocenters. The van der Waals surface area contributed by atoms with Crippen molar-refractivity contribution in [2.45, 2.75) is 13.3 Å². The lowest BCUT2D eigenvalue weighted by atomic mass is 10.1. The topological polar surface area (TPSA) is 58.1 Å². The average Bonchev–Trinajstić information content (AvgIpc) is 3.21. The second kappa shape index (κ2) is 8.84. The Morgan fingerprint density at radius 2 is 1.76 bits per heavy atom. The first-order valence-electron chi connectivity index (χ1n) is 9.65. The molecule has 2 aromatic carbocycles. The Bertz CT molecular complexity index is 1100. The van der Waals surface area contributed by atoms with Gasteiger partial charge in [-0.2, -0.15) is 0 Å². The summed E-state index contributed by atoms with van der Waals surface area (Å²) in [5, 5.41) is 6.47. The highest BCUT2D eigenvalue weighted by molar-refractivity contribution is 7.17. The minimum absolute atomic E-state index is 0.0881. The number of rotatable bonds is 7. The lowest BCUT2D eigenvalue weighted by Gasteiger charge is -2.21. The van der Waals surface area contributed by atoms with E-state index in [-0.39, 0.29) is 5.91 Å². The van der Waals surface area contributed by atoms with Gasteiger partial charge in [-0.1, -0.05) is 48.5 Å². The Labute approximate surface area is 174 Å². The van der Waals surface area contributed by atoms with Crippen molar-refractivity contribution in [2.24, 2.45) is 0 Å². The summed E-state index contributed by atoms with van der Waals surface area (Å²) < 4.78 is 0. The van der Waals surface area contributed by atoms with Gasteiger partial charge in [0, 0.05) is 36.1 Å². The van der Waals surface area contributed by atoms with E-state index in [4.69, 9.17) is 0 Å². The highest BCUT2D eigenvalue weighted by atomic mass is 32.1. The Hall–Kier alpha value is -3.25. The van der Waals surface area contributed by atoms with Gasteiger partial charge in [0.05, 0.1) is 5.39 Å². The summed E-state index contributed by atoms with van der Waals surface area (Å²) >= 11 is 1.60. The van der Waals surface area contributed by atoms with Crippen LogP contribution in [-0.2, 0) is 4.79 Å². The quantitative estimate of drug-likeness (QED) is 0.461. The number of para-hydroxylation sites is 1. The van der Waals surface area contributed by atoms with Gasteiger partial charge < -0.3 is 10.2 Å². The Morgan fingerprint density at radius 1 is 1.03 bits per heavy atom. The maximum absolute atomic E-state index is 12.7. The second-order valence-electron chi connectivity index (χ2n) is 6.57. The number of hydrogen-bond acceptors (Lipinski definition) is 5. The van der Waals surface area contributed by atoms with E-state index in [1.54, 1.807) is 22.6 Å². The molecule has 0 spiro atoms. The van der Waals surface area contributed by atoms with Gasteiger partial charge in [-0.3, -0.25) is 4.79 Å². The molecule has 0 aliphatic heterocycles. The van der Waals surface area contributed by atoms with Crippen molar-refractivity contribution in [3.8, 4) is 11.1 Å². The van der Waals surface area contributed by atoms with Crippen LogP contribution in [0.4, 0.5) is 11.5 Å². The van der Waals surface area contributed by atoms with Crippen LogP contribution < -0.4 is 10.2 Å². The fourth-order valence-corrected chi connectivity index (χ4v) is 4.29. The number of hydrogen-bond donors (Lipinski definition) is 1. The zero-order valence-electron chi connectivity index (χ0n) is 16.2. The fraction of sp³-hybridized carbons (Fsp3) is 0.174. The third-order valence-electron chi connectivity index (χ3n) is 4.77. The molecule has 2 aromatic heterocycles. The van der Waals surface area contributed by atoms with E-state index >= 15 is 0 Å². The van der Waals surface area contributed by atoms with Gasteiger partial charge in [0.1, 0.15) is 17.0 Å². The number of nitrogens with one attached hydrogen (secondary N) is 1. The first-order valence-corrected chi connectivity index (χ1v) is 10.5. The summed E-state index contributed by atoms with van der Waals surface area (Å²) in [6, 6.07) is 20.0. The van der Waals surface area contributed by atoms with Gasteiger partial charge in [0.25, 0.3) is 0 Å². The lowest BCUT2D eigenvalue weighted by molar-refractivity contribution is -0.118. The number of nitrogens with zero attached hydrogens (tertiary/aromatic N) is 3. The molecule has 0 saturated carbocycles. The van der Waals surface area contributed by atoms with E-state index < -0.39 is 0 Å². The molecule has 1 amide bonds. The maximum atomic E-state index is 12.7. The van der Waals surface area contributed by atoms with Crippen LogP contribution in [0.25, 0.3) is 21.3 Å². The number of benzene rings is 2. The average molecular weight is 403 g/mol. The summed E-state index contributed by atoms with van der Waals surface area (Å²) in [6.45, 7) is 3.14. The van der Waals surface area contributed by atoms with E-state index in [9.17, 15) is 4.79 Å². The minimum atomic E-state index is 0.0881. The van der Waals surface area contributed by atoms with Crippen LogP contribution in [0.2, 0.25) is 0 Å². The van der Waals surface area contributed by atoms with Crippen LogP contribution >= 0.6 is 11.3 Å². The molecule has 4 rings (SSSR count). The molecule has 0 atom stereocenters. The monoisotopic (exact) mass is 402 g/mol. The molecule has 146 valence electrons. The van der Waals surface area contributed by atoms with Crippen LogP contribution in [0, 0.1) is 0 Å². The molecule has 0 fully saturated rings. The van der Waals surface area contributed by atoms with Gasteiger partial charge in [0.2, 0.25) is 5.91 Å². The predicted octanol–water partition coefficient (Wildman–Crippen LogP) is 5.21. The van der Waals surface area contributed by atoms with E-state index in [1.165, 1.54) is 0 Å². The highest BCUT2D eigenvalue weighted by Gasteiger charge is 2.15. The lowest BCUT2D eigenvalue weighted by Crippen LogP contribution is -2.31. The summed E-state index contributed by atoms with van der Waals surface area (Å²) in [5.74, 6) is 0.857. The highest BCUT2D eigenvalue weighted by Crippen LogP contribution is 2.36. The number of thiophene rings is 1. The zero-order chi connectivity index (χ0) is 20.1. The van der Waals surface area contributed by atoms with E-state index in [1.807, 2.05) is 55.5 Å². The van der Waals surface area contributed by atoms with Crippen molar-refractivity contribution in [2.75, 3.05) is 23.3 Å². The smallest absolute Gasteiger partial charge is 0.228 e. The normalized spacial score (nSPS) is 10.8. The van der Waals surface area contributed by atoms with Gasteiger partial charge in [-0.25, -0.2) is 9.97 Å². The molecular weight excluding hydrogens is 380 g/mol. The number of carbonyl (C=O) groups excluding carboxylic acids is 1. The first-order chi connectivity index (χ1) is 14.3. The van der Waals surface area contributed by atoms with Crippen molar-refractivity contribution in [3.05, 3.63) is 72.4 Å². The standard InChI is InChI=1S/C23H22N4OS/c1-2-27(18-11-7-4-8-12-18)20(28)13-14-24-22-21-19(17-9-5-3-6-10-17)15-29-23(21)26-16-25-22/h3-12,15-16H,2,13-14H2,1H3,(H,24,25,26). The van der Waals surface area contributed by atoms with Crippen molar-refractivity contribution < 1.29 is 4.79 Å². The maximum Gasteiger partial charge on any atom is 0.228 e. The third-order valence-corrected chi connectivity index (χ3v) is 5.66. The Kier molecular flexibility index (Phi) is 5.81. The molecule has 0 aliphatic carbocycles. The van der Waals surface area contributed by atoms with Crippen molar-refractivity contribution in [1.29, 1.82) is 0 Å². The van der Waals surface area contributed by atoms with Crippen molar-refractivity contribution >= 4 is 39.0 Å². The molecule has 6 heteroatoms. The van der Waals surface area contributed by atoms with Crippen LogP contribution in [0.5, 0.6) is 0 Å². The second-order valence-corrected chi connectivity index (χ2v) is 7.43. The van der Waals surface area contributed by atoms with E-state index in [2.05, 4.69) is 32.8 Å². The molecule has 0 radical (unpaired) electrons. The molecule has 0 saturated heterocycles. The molecule has 2 heterocycles. The summed E-state index contributed by atoms with van der Waals surface area (Å²) in [6.07, 6.45) is 1.96. The summed E-state index contributed by atoms with van der Waals surface area (Å²) in [7, 11) is 0. The van der Waals surface area contributed by atoms with Gasteiger partial charge in [0.15, 0.2) is 0 Å². The Balaban J connectivity index is 1.50. The number of aromatic nitrogens is 2. The molecule has 29 heavy (non-hydrogen) atoms. The molecule has 4 aromatic rings. The van der Waals surface area contributed by atoms with Crippen molar-refractivity contribution in [3.63, 3.8) is 0 Å². The van der Waals surface area contributed by atoms with Gasteiger partial charge >= 0.3 is 0 Å².